The number of hydrogen-bond acceptors (Lipinski definition) is 4. The summed E-state index contributed by atoms with van der Waals surface area (Å²) < 4.78 is 0. The third kappa shape index (κ3) is 31.2. The van der Waals surface area contributed by atoms with Gasteiger partial charge in [-0.05, 0) is 45.4 Å². The highest BCUT2D eigenvalue weighted by Crippen LogP contribution is 2.16. The molecule has 3 unspecified atom stereocenters. The average Bonchev–Trinajstić information content (AvgIpc) is 3.04. The standard InChI is InChI=1S/C40H77NO4/c1-3-5-7-9-11-13-14-15-16-17-18-19-20-21-22-23-24-25-26-27-29-31-33-35-39(44)41-37(36-42)40(45)38(43)34-32-30-28-12-10-8-6-4-2/h4,6,12,28,37-38,40,42-43,45H,3,5,7-11,13-27,29-36H2,1-2H3,(H,41,44)/b6-4+,28-12+. The van der Waals surface area contributed by atoms with Gasteiger partial charge in [-0.3, -0.25) is 4.79 Å². The number of hydrogen-bond donors (Lipinski definition) is 4. The molecular formula is C40H77NO4. The monoisotopic (exact) mass is 636 g/mol. The summed E-state index contributed by atoms with van der Waals surface area (Å²) in [5.41, 5.74) is 0. The van der Waals surface area contributed by atoms with Crippen molar-refractivity contribution < 1.29 is 20.1 Å². The summed E-state index contributed by atoms with van der Waals surface area (Å²) in [6, 6.07) is -0.826. The van der Waals surface area contributed by atoms with E-state index in [0.717, 1.165) is 44.9 Å². The van der Waals surface area contributed by atoms with Crippen LogP contribution in [0.2, 0.25) is 0 Å². The lowest BCUT2D eigenvalue weighted by atomic mass is 10.0. The Balaban J connectivity index is 3.54. The van der Waals surface area contributed by atoms with E-state index in [-0.39, 0.29) is 12.5 Å². The molecule has 5 nitrogen and oxygen atoms in total. The topological polar surface area (TPSA) is 89.8 Å². The van der Waals surface area contributed by atoms with Gasteiger partial charge in [0.05, 0.1) is 18.8 Å². The Morgan fingerprint density at radius 3 is 1.40 bits per heavy atom. The van der Waals surface area contributed by atoms with E-state index >= 15 is 0 Å². The van der Waals surface area contributed by atoms with Gasteiger partial charge in [-0.1, -0.05) is 172 Å². The van der Waals surface area contributed by atoms with Crippen molar-refractivity contribution in [3.8, 4) is 0 Å². The quantitative estimate of drug-likeness (QED) is 0.0412. The van der Waals surface area contributed by atoms with E-state index in [1.807, 2.05) is 13.0 Å². The normalized spacial score (nSPS) is 14.0. The molecule has 5 heteroatoms. The Hall–Kier alpha value is -1.17. The maximum atomic E-state index is 12.3. The van der Waals surface area contributed by atoms with E-state index in [4.69, 9.17) is 0 Å². The van der Waals surface area contributed by atoms with Crippen molar-refractivity contribution >= 4 is 5.91 Å². The molecule has 0 aliphatic carbocycles. The van der Waals surface area contributed by atoms with Crippen molar-refractivity contribution in [2.75, 3.05) is 6.61 Å². The maximum Gasteiger partial charge on any atom is 0.220 e. The van der Waals surface area contributed by atoms with Gasteiger partial charge in [0, 0.05) is 6.42 Å². The molecule has 4 N–H and O–H groups in total. The van der Waals surface area contributed by atoms with E-state index in [0.29, 0.717) is 12.8 Å². The van der Waals surface area contributed by atoms with E-state index in [1.54, 1.807) is 0 Å². The first-order valence-electron chi connectivity index (χ1n) is 19.6. The molecule has 266 valence electrons. The van der Waals surface area contributed by atoms with Gasteiger partial charge in [0.15, 0.2) is 0 Å². The molecule has 0 heterocycles. The van der Waals surface area contributed by atoms with Crippen LogP contribution in [0.5, 0.6) is 0 Å². The van der Waals surface area contributed by atoms with Crippen LogP contribution in [-0.4, -0.2) is 46.1 Å². The Bertz CT molecular complexity index is 665. The molecule has 0 aromatic heterocycles. The van der Waals surface area contributed by atoms with Crippen LogP contribution in [0.25, 0.3) is 0 Å². The predicted octanol–water partition coefficient (Wildman–Crippen LogP) is 10.7. The minimum absolute atomic E-state index is 0.159. The predicted molar refractivity (Wildman–Crippen MR) is 195 cm³/mol. The fourth-order valence-electron chi connectivity index (χ4n) is 6.07. The number of carbonyl (C=O) groups is 1. The molecule has 3 atom stereocenters. The summed E-state index contributed by atoms with van der Waals surface area (Å²) in [6.07, 6.45) is 41.8. The van der Waals surface area contributed by atoms with Gasteiger partial charge in [-0.2, -0.15) is 0 Å². The SMILES string of the molecule is C/C=C/CC/C=C/CCCC(O)C(O)C(CO)NC(=O)CCCCCCCCCCCCCCCCCCCCCCCCC. The zero-order valence-electron chi connectivity index (χ0n) is 30.0. The van der Waals surface area contributed by atoms with Gasteiger partial charge in [-0.25, -0.2) is 0 Å². The Morgan fingerprint density at radius 2 is 0.978 bits per heavy atom. The van der Waals surface area contributed by atoms with Crippen LogP contribution >= 0.6 is 0 Å². The van der Waals surface area contributed by atoms with Crippen molar-refractivity contribution in [2.24, 2.45) is 0 Å². The van der Waals surface area contributed by atoms with E-state index < -0.39 is 18.2 Å². The minimum Gasteiger partial charge on any atom is -0.394 e. The number of nitrogens with one attached hydrogen (secondary N) is 1. The van der Waals surface area contributed by atoms with Crippen LogP contribution in [0.1, 0.15) is 200 Å². The third-order valence-corrected chi connectivity index (χ3v) is 9.13. The molecule has 0 bridgehead atoms. The smallest absolute Gasteiger partial charge is 0.220 e. The van der Waals surface area contributed by atoms with Crippen molar-refractivity contribution in [3.63, 3.8) is 0 Å². The van der Waals surface area contributed by atoms with Gasteiger partial charge in [0.25, 0.3) is 0 Å². The Labute approximate surface area is 280 Å². The van der Waals surface area contributed by atoms with Crippen LogP contribution in [0.4, 0.5) is 0 Å². The van der Waals surface area contributed by atoms with Gasteiger partial charge in [-0.15, -0.1) is 0 Å². The minimum atomic E-state index is -1.16. The lowest BCUT2D eigenvalue weighted by Gasteiger charge is -2.26. The molecule has 0 rings (SSSR count). The average molecular weight is 636 g/mol. The van der Waals surface area contributed by atoms with Crippen LogP contribution in [-0.2, 0) is 4.79 Å². The number of carbonyl (C=O) groups excluding carboxylic acids is 1. The lowest BCUT2D eigenvalue weighted by molar-refractivity contribution is -0.124. The Kier molecular flexibility index (Phi) is 34.8. The third-order valence-electron chi connectivity index (χ3n) is 9.13. The van der Waals surface area contributed by atoms with Crippen LogP contribution in [0.15, 0.2) is 24.3 Å². The summed E-state index contributed by atoms with van der Waals surface area (Å²) in [5, 5.41) is 33.1. The molecule has 0 aromatic carbocycles. The molecule has 0 saturated heterocycles. The highest BCUT2D eigenvalue weighted by Gasteiger charge is 2.26. The van der Waals surface area contributed by atoms with Crippen molar-refractivity contribution in [3.05, 3.63) is 24.3 Å². The second kappa shape index (κ2) is 35.7. The summed E-state index contributed by atoms with van der Waals surface area (Å²) in [7, 11) is 0. The van der Waals surface area contributed by atoms with Gasteiger partial charge in [0.2, 0.25) is 5.91 Å². The number of unbranched alkanes of at least 4 members (excludes halogenated alkanes) is 24. The molecule has 0 spiro atoms. The summed E-state index contributed by atoms with van der Waals surface area (Å²) in [5.74, 6) is -0.159. The number of aliphatic hydroxyl groups is 3. The first kappa shape index (κ1) is 43.8. The number of aliphatic hydroxyl groups excluding tert-OH is 3. The molecule has 0 saturated carbocycles. The van der Waals surface area contributed by atoms with E-state index in [1.165, 1.54) is 128 Å². The highest BCUT2D eigenvalue weighted by atomic mass is 16.3. The summed E-state index contributed by atoms with van der Waals surface area (Å²) in [6.45, 7) is 3.92. The molecule has 0 radical (unpaired) electrons. The van der Waals surface area contributed by atoms with Crippen molar-refractivity contribution in [2.45, 2.75) is 218 Å². The van der Waals surface area contributed by atoms with Crippen LogP contribution in [0, 0.1) is 0 Å². The molecule has 45 heavy (non-hydrogen) atoms. The van der Waals surface area contributed by atoms with Crippen LogP contribution in [0.3, 0.4) is 0 Å². The largest absolute Gasteiger partial charge is 0.394 e. The fourth-order valence-corrected chi connectivity index (χ4v) is 6.07. The van der Waals surface area contributed by atoms with Crippen molar-refractivity contribution in [1.82, 2.24) is 5.32 Å². The number of allylic oxidation sites excluding steroid dienone is 4. The summed E-state index contributed by atoms with van der Waals surface area (Å²) in [4.78, 5) is 12.3. The molecular weight excluding hydrogens is 558 g/mol. The first-order chi connectivity index (χ1) is 22.1. The van der Waals surface area contributed by atoms with Gasteiger partial charge < -0.3 is 20.6 Å². The maximum absolute atomic E-state index is 12.3. The first-order valence-corrected chi connectivity index (χ1v) is 19.6. The molecule has 0 aromatic rings. The highest BCUT2D eigenvalue weighted by molar-refractivity contribution is 5.76. The molecule has 1 amide bonds. The number of rotatable bonds is 35. The van der Waals surface area contributed by atoms with Crippen LogP contribution < -0.4 is 5.32 Å². The second-order valence-corrected chi connectivity index (χ2v) is 13.5. The van der Waals surface area contributed by atoms with Crippen molar-refractivity contribution in [1.29, 1.82) is 0 Å². The summed E-state index contributed by atoms with van der Waals surface area (Å²) >= 11 is 0. The zero-order valence-corrected chi connectivity index (χ0v) is 30.0. The lowest BCUT2D eigenvalue weighted by Crippen LogP contribution is -2.50. The zero-order chi connectivity index (χ0) is 33.1. The van der Waals surface area contributed by atoms with Gasteiger partial charge >= 0.3 is 0 Å². The second-order valence-electron chi connectivity index (χ2n) is 13.5. The molecule has 0 fully saturated rings. The van der Waals surface area contributed by atoms with E-state index in [9.17, 15) is 20.1 Å². The van der Waals surface area contributed by atoms with Gasteiger partial charge in [0.1, 0.15) is 6.10 Å². The molecule has 0 aliphatic rings. The Morgan fingerprint density at radius 1 is 0.578 bits per heavy atom. The fraction of sp³-hybridized carbons (Fsp3) is 0.875. The number of amides is 1. The van der Waals surface area contributed by atoms with E-state index in [2.05, 4.69) is 30.5 Å². The molecule has 0 aliphatic heterocycles.